The van der Waals surface area contributed by atoms with E-state index in [2.05, 4.69) is 56.1 Å². The third kappa shape index (κ3) is 10.7. The first-order chi connectivity index (χ1) is 26.7. The Morgan fingerprint density at radius 3 is 1.89 bits per heavy atom. The summed E-state index contributed by atoms with van der Waals surface area (Å²) in [6.07, 6.45) is 0.0518. The molecule has 4 rings (SSSR count). The Hall–Kier alpha value is -3.60. The zero-order valence-corrected chi connectivity index (χ0v) is 38.1. The van der Waals surface area contributed by atoms with E-state index in [-0.39, 0.29) is 38.5 Å². The molecule has 0 amide bonds. The Morgan fingerprint density at radius 2 is 1.39 bits per heavy atom. The molecule has 4 aromatic carbocycles. The Kier molecular flexibility index (Phi) is 15.3. The van der Waals surface area contributed by atoms with E-state index in [1.807, 2.05) is 31.2 Å². The van der Waals surface area contributed by atoms with Gasteiger partial charge in [0, 0.05) is 0 Å². The number of nitrogens with one attached hydrogen (secondary N) is 1. The summed E-state index contributed by atoms with van der Waals surface area (Å²) in [7, 11) is -9.39. The average Bonchev–Trinajstić information content (AvgIpc) is 3.15. The maximum absolute atomic E-state index is 13.6. The van der Waals surface area contributed by atoms with E-state index in [4.69, 9.17) is 16.4 Å². The predicted molar refractivity (Wildman–Crippen MR) is 229 cm³/mol. The average molecular weight is 960 g/mol. The molecule has 0 saturated carbocycles. The Balaban J connectivity index is 1.93. The zero-order valence-electron chi connectivity index (χ0n) is 33.3. The van der Waals surface area contributed by atoms with Crippen LogP contribution >= 0.6 is 20.2 Å². The van der Waals surface area contributed by atoms with Crippen molar-refractivity contribution in [2.45, 2.75) is 81.9 Å². The number of hydrogen-bond acceptors (Lipinski definition) is 8. The van der Waals surface area contributed by atoms with Crippen LogP contribution in [0, 0.1) is 20.3 Å². The summed E-state index contributed by atoms with van der Waals surface area (Å²) in [5.74, 6) is 4.19. The van der Waals surface area contributed by atoms with Crippen molar-refractivity contribution < 1.29 is 46.4 Å². The number of sulfonamides is 1. The van der Waals surface area contributed by atoms with Crippen molar-refractivity contribution in [1.29, 1.82) is 0 Å². The van der Waals surface area contributed by atoms with Crippen LogP contribution in [0.15, 0.2) is 89.8 Å². The molecular formula is C41H49F3INO8S2Si. The van der Waals surface area contributed by atoms with Crippen molar-refractivity contribution >= 4 is 48.7 Å². The summed E-state index contributed by atoms with van der Waals surface area (Å²) in [4.78, 5) is 0.0726. The molecule has 0 aliphatic carbocycles. The van der Waals surface area contributed by atoms with Crippen LogP contribution in [0.25, 0.3) is 11.1 Å². The fraction of sp³-hybridized carbons (Fsp3) is 0.366. The number of rotatable bonds is 16. The van der Waals surface area contributed by atoms with Gasteiger partial charge in [-0.15, -0.1) is 0 Å². The van der Waals surface area contributed by atoms with Crippen molar-refractivity contribution in [1.82, 2.24) is 4.72 Å². The third-order valence-electron chi connectivity index (χ3n) is 9.53. The molecule has 0 bridgehead atoms. The second kappa shape index (κ2) is 19.0. The molecular weight excluding hydrogens is 911 g/mol. The quantitative estimate of drug-likeness (QED) is 0.0511. The third-order valence-corrected chi connectivity index (χ3v) is 23.0. The summed E-state index contributed by atoms with van der Waals surface area (Å²) < 4.78 is 121. The molecule has 0 unspecified atom stereocenters. The van der Waals surface area contributed by atoms with E-state index in [9.17, 15) is 30.0 Å². The van der Waals surface area contributed by atoms with Gasteiger partial charge >= 0.3 is 339 Å². The number of ether oxygens (including phenoxy) is 2. The zero-order chi connectivity index (χ0) is 42.3. The van der Waals surface area contributed by atoms with E-state index < -0.39 is 54.2 Å². The first kappa shape index (κ1) is 46.1. The van der Waals surface area contributed by atoms with Crippen LogP contribution in [-0.2, 0) is 29.1 Å². The number of alkyl halides is 3. The first-order valence-electron chi connectivity index (χ1n) is 18.1. The van der Waals surface area contributed by atoms with Crippen molar-refractivity contribution in [3.63, 3.8) is 0 Å². The van der Waals surface area contributed by atoms with Gasteiger partial charge in [0.05, 0.1) is 0 Å². The van der Waals surface area contributed by atoms with Crippen LogP contribution in [0.4, 0.5) is 13.2 Å². The molecule has 0 spiro atoms. The molecule has 4 aromatic rings. The standard InChI is InChI=1S/C41H49F3INO8S2Si/c1-28(2)57(29(3)4,30(5)6)53-35-19-17-32(18-20-35)39-37(23-25-45(34-13-11-10-12-14-34)54-56(49,50)41(42,43)44)33(27-38(51-8)40(39)52-9)24-26-46-55(47,48)36-21-15-31(7)16-22-36/h10-22,27-30,46H,24,26H2,1-9H3. The minimum atomic E-state index is -6.01. The minimum absolute atomic E-state index is 0.0518. The van der Waals surface area contributed by atoms with E-state index in [0.29, 0.717) is 39.1 Å². The number of methoxy groups -OCH3 is 2. The Bertz CT molecular complexity index is 2260. The number of halogens is 4. The molecule has 9 nitrogen and oxygen atoms in total. The molecule has 310 valence electrons. The van der Waals surface area contributed by atoms with Gasteiger partial charge in [-0.2, -0.15) is 0 Å². The van der Waals surface area contributed by atoms with Gasteiger partial charge < -0.3 is 0 Å². The second-order valence-corrected chi connectivity index (χ2v) is 27.1. The van der Waals surface area contributed by atoms with Gasteiger partial charge in [0.15, 0.2) is 0 Å². The summed E-state index contributed by atoms with van der Waals surface area (Å²) in [6, 6.07) is 23.0. The van der Waals surface area contributed by atoms with Gasteiger partial charge in [-0.3, -0.25) is 0 Å². The van der Waals surface area contributed by atoms with E-state index in [1.54, 1.807) is 36.4 Å². The SMILES string of the molecule is COc1cc(CCNS(=O)(=O)c2ccc(C)cc2)c(C#CI(OS(=O)(=O)C(F)(F)F)c2ccccc2)c(-c2ccc(O[Si](C(C)C)(C(C)C)C(C)C)cc2)c1OC. The topological polar surface area (TPSA) is 117 Å². The summed E-state index contributed by atoms with van der Waals surface area (Å²) in [5, 5.41) is 0. The molecule has 57 heavy (non-hydrogen) atoms. The normalized spacial score (nSPS) is 12.7. The Labute approximate surface area is 343 Å². The van der Waals surface area contributed by atoms with Crippen molar-refractivity contribution in [2.75, 3.05) is 20.8 Å². The monoisotopic (exact) mass is 959 g/mol. The molecule has 0 atom stereocenters. The fourth-order valence-electron chi connectivity index (χ4n) is 6.88. The number of hydrogen-bond donors (Lipinski definition) is 1. The van der Waals surface area contributed by atoms with Crippen molar-refractivity contribution in [2.24, 2.45) is 0 Å². The molecule has 1 N–H and O–H groups in total. The molecule has 0 saturated heterocycles. The van der Waals surface area contributed by atoms with E-state index in [1.165, 1.54) is 38.5 Å². The van der Waals surface area contributed by atoms with Crippen LogP contribution in [-0.4, -0.2) is 51.4 Å². The van der Waals surface area contributed by atoms with Crippen LogP contribution < -0.4 is 18.6 Å². The van der Waals surface area contributed by atoms with Gasteiger partial charge in [0.1, 0.15) is 0 Å². The van der Waals surface area contributed by atoms with Gasteiger partial charge in [0.2, 0.25) is 0 Å². The summed E-state index contributed by atoms with van der Waals surface area (Å²) >= 11 is -3.93. The first-order valence-corrected chi connectivity index (χ1v) is 26.2. The Morgan fingerprint density at radius 1 is 0.807 bits per heavy atom. The summed E-state index contributed by atoms with van der Waals surface area (Å²) in [6.45, 7) is 14.9. The second-order valence-electron chi connectivity index (χ2n) is 14.2. The van der Waals surface area contributed by atoms with E-state index >= 15 is 0 Å². The van der Waals surface area contributed by atoms with Gasteiger partial charge in [0.25, 0.3) is 0 Å². The van der Waals surface area contributed by atoms with Crippen LogP contribution in [0.3, 0.4) is 0 Å². The molecule has 0 aliphatic rings. The molecule has 0 heterocycles. The molecule has 0 fully saturated rings. The van der Waals surface area contributed by atoms with Crippen molar-refractivity contribution in [3.8, 4) is 38.2 Å². The number of aryl methyl sites for hydroxylation is 1. The predicted octanol–water partition coefficient (Wildman–Crippen LogP) is 10.2. The van der Waals surface area contributed by atoms with Crippen LogP contribution in [0.2, 0.25) is 16.6 Å². The maximum atomic E-state index is 13.6. The fourth-order valence-corrected chi connectivity index (χ4v) is 18.3. The molecule has 0 aliphatic heterocycles. The summed E-state index contributed by atoms with van der Waals surface area (Å²) in [5.41, 5.74) is -2.14. The molecule has 0 radical (unpaired) electrons. The molecule has 0 aromatic heterocycles. The van der Waals surface area contributed by atoms with Gasteiger partial charge in [-0.25, -0.2) is 0 Å². The van der Waals surface area contributed by atoms with Gasteiger partial charge in [-0.05, 0) is 6.92 Å². The van der Waals surface area contributed by atoms with Crippen LogP contribution in [0.1, 0.15) is 58.2 Å². The van der Waals surface area contributed by atoms with Crippen molar-refractivity contribution in [3.05, 3.63) is 105 Å². The van der Waals surface area contributed by atoms with E-state index in [0.717, 1.165) is 5.56 Å². The van der Waals surface area contributed by atoms with Crippen LogP contribution in [0.5, 0.6) is 17.2 Å². The molecule has 16 heteroatoms. The van der Waals surface area contributed by atoms with Gasteiger partial charge in [-0.1, -0.05) is 0 Å². The number of benzene rings is 4.